The Morgan fingerprint density at radius 3 is 3.00 bits per heavy atom. The lowest BCUT2D eigenvalue weighted by atomic mass is 10.2. The van der Waals surface area contributed by atoms with Gasteiger partial charge in [0.25, 0.3) is 0 Å². The highest BCUT2D eigenvalue weighted by Crippen LogP contribution is 2.32. The molecule has 3 heterocycles. The molecule has 0 fully saturated rings. The van der Waals surface area contributed by atoms with Crippen LogP contribution in [0.5, 0.6) is 11.5 Å². The molecule has 2 amide bonds. The van der Waals surface area contributed by atoms with E-state index in [1.54, 1.807) is 18.2 Å². The van der Waals surface area contributed by atoms with Crippen LogP contribution in [-0.4, -0.2) is 34.0 Å². The van der Waals surface area contributed by atoms with Crippen molar-refractivity contribution in [3.63, 3.8) is 0 Å². The number of hydrogen-bond donors (Lipinski definition) is 2. The maximum absolute atomic E-state index is 12.0. The van der Waals surface area contributed by atoms with Crippen molar-refractivity contribution in [3.05, 3.63) is 29.8 Å². The van der Waals surface area contributed by atoms with Crippen LogP contribution in [0.4, 0.5) is 10.5 Å². The summed E-state index contributed by atoms with van der Waals surface area (Å²) >= 11 is 0. The van der Waals surface area contributed by atoms with Gasteiger partial charge in [0.05, 0.1) is 6.54 Å². The number of fused-ring (bicyclic) bond motifs is 2. The molecular formula is C15H17N5O3. The number of benzene rings is 1. The zero-order chi connectivity index (χ0) is 15.6. The van der Waals surface area contributed by atoms with Crippen molar-refractivity contribution in [2.45, 2.75) is 25.9 Å². The van der Waals surface area contributed by atoms with Crippen molar-refractivity contribution in [3.8, 4) is 11.5 Å². The molecule has 8 heteroatoms. The first-order chi connectivity index (χ1) is 11.3. The van der Waals surface area contributed by atoms with Gasteiger partial charge in [-0.1, -0.05) is 0 Å². The maximum atomic E-state index is 12.0. The largest absolute Gasteiger partial charge is 0.486 e. The third kappa shape index (κ3) is 2.79. The molecule has 0 aliphatic carbocycles. The predicted octanol–water partition coefficient (Wildman–Crippen LogP) is 1.32. The van der Waals surface area contributed by atoms with Crippen LogP contribution >= 0.6 is 0 Å². The highest BCUT2D eigenvalue weighted by atomic mass is 16.6. The van der Waals surface area contributed by atoms with Crippen molar-refractivity contribution in [2.24, 2.45) is 0 Å². The summed E-state index contributed by atoms with van der Waals surface area (Å²) in [7, 11) is 0. The molecule has 0 bridgehead atoms. The van der Waals surface area contributed by atoms with Crippen LogP contribution in [0, 0.1) is 0 Å². The van der Waals surface area contributed by atoms with E-state index < -0.39 is 0 Å². The van der Waals surface area contributed by atoms with E-state index in [-0.39, 0.29) is 6.03 Å². The number of aromatic nitrogens is 3. The number of hydrogen-bond acceptors (Lipinski definition) is 5. The second-order valence-electron chi connectivity index (χ2n) is 5.45. The fraction of sp³-hybridized carbons (Fsp3) is 0.400. The van der Waals surface area contributed by atoms with Crippen LogP contribution in [-0.2, 0) is 19.5 Å². The van der Waals surface area contributed by atoms with E-state index in [0.29, 0.717) is 36.9 Å². The van der Waals surface area contributed by atoms with Crippen molar-refractivity contribution in [1.82, 2.24) is 20.1 Å². The molecule has 0 radical (unpaired) electrons. The number of carbonyl (C=O) groups excluding carboxylic acids is 1. The molecule has 2 aliphatic heterocycles. The Hall–Kier alpha value is -2.77. The zero-order valence-corrected chi connectivity index (χ0v) is 12.5. The van der Waals surface area contributed by atoms with Gasteiger partial charge in [0.2, 0.25) is 0 Å². The number of anilines is 1. The van der Waals surface area contributed by atoms with E-state index in [0.717, 1.165) is 31.0 Å². The molecule has 0 unspecified atom stereocenters. The average molecular weight is 315 g/mol. The molecule has 0 spiro atoms. The minimum atomic E-state index is -0.294. The first-order valence-electron chi connectivity index (χ1n) is 7.65. The second-order valence-corrected chi connectivity index (χ2v) is 5.45. The number of aryl methyl sites for hydroxylation is 1. The third-order valence-electron chi connectivity index (χ3n) is 3.89. The van der Waals surface area contributed by atoms with Gasteiger partial charge >= 0.3 is 6.03 Å². The Balaban J connectivity index is 1.36. The predicted molar refractivity (Wildman–Crippen MR) is 81.6 cm³/mol. The minimum Gasteiger partial charge on any atom is -0.486 e. The van der Waals surface area contributed by atoms with Gasteiger partial charge in [-0.2, -0.15) is 0 Å². The van der Waals surface area contributed by atoms with Crippen molar-refractivity contribution in [1.29, 1.82) is 0 Å². The number of carbonyl (C=O) groups is 1. The summed E-state index contributed by atoms with van der Waals surface area (Å²) in [5, 5.41) is 13.8. The first kappa shape index (κ1) is 13.9. The van der Waals surface area contributed by atoms with Crippen molar-refractivity contribution < 1.29 is 14.3 Å². The molecule has 4 rings (SSSR count). The van der Waals surface area contributed by atoms with Gasteiger partial charge in [0, 0.05) is 24.7 Å². The fourth-order valence-electron chi connectivity index (χ4n) is 2.80. The lowest BCUT2D eigenvalue weighted by Gasteiger charge is -2.19. The van der Waals surface area contributed by atoms with Crippen LogP contribution in [0.25, 0.3) is 0 Å². The lowest BCUT2D eigenvalue weighted by molar-refractivity contribution is 0.171. The van der Waals surface area contributed by atoms with Crippen molar-refractivity contribution in [2.75, 3.05) is 18.5 Å². The normalized spacial score (nSPS) is 15.1. The van der Waals surface area contributed by atoms with E-state index >= 15 is 0 Å². The molecule has 8 nitrogen and oxygen atoms in total. The Labute approximate surface area is 132 Å². The highest BCUT2D eigenvalue weighted by molar-refractivity contribution is 5.89. The number of rotatable bonds is 3. The van der Waals surface area contributed by atoms with Gasteiger partial charge < -0.3 is 24.7 Å². The van der Waals surface area contributed by atoms with Gasteiger partial charge in [-0.15, -0.1) is 10.2 Å². The fourth-order valence-corrected chi connectivity index (χ4v) is 2.80. The first-order valence-corrected chi connectivity index (χ1v) is 7.65. The van der Waals surface area contributed by atoms with E-state index in [1.165, 1.54) is 0 Å². The average Bonchev–Trinajstić information content (AvgIpc) is 3.16. The molecule has 2 N–H and O–H groups in total. The molecule has 0 saturated heterocycles. The molecule has 1 aromatic carbocycles. The molecule has 1 aromatic heterocycles. The highest BCUT2D eigenvalue weighted by Gasteiger charge is 2.17. The zero-order valence-electron chi connectivity index (χ0n) is 12.5. The van der Waals surface area contributed by atoms with Gasteiger partial charge in [-0.05, 0) is 18.6 Å². The Kier molecular flexibility index (Phi) is 3.49. The molecule has 23 heavy (non-hydrogen) atoms. The van der Waals surface area contributed by atoms with Crippen molar-refractivity contribution >= 4 is 11.7 Å². The van der Waals surface area contributed by atoms with E-state index in [4.69, 9.17) is 9.47 Å². The molecule has 2 aliphatic rings. The number of amides is 2. The Bertz CT molecular complexity index is 743. The minimum absolute atomic E-state index is 0.294. The Morgan fingerprint density at radius 2 is 2.09 bits per heavy atom. The lowest BCUT2D eigenvalue weighted by Crippen LogP contribution is -2.29. The van der Waals surface area contributed by atoms with Gasteiger partial charge in [0.1, 0.15) is 19.0 Å². The molecule has 120 valence electrons. The second kappa shape index (κ2) is 5.79. The van der Waals surface area contributed by atoms with Gasteiger partial charge in [-0.3, -0.25) is 0 Å². The maximum Gasteiger partial charge on any atom is 0.319 e. The Morgan fingerprint density at radius 1 is 1.22 bits per heavy atom. The standard InChI is InChI=1S/C15H17N5O3/c21-15(16-9-14-19-18-13-2-1-5-20(13)14)17-10-3-4-11-12(8-10)23-7-6-22-11/h3-4,8H,1-2,5-7,9H2,(H2,16,17,21). The molecule has 2 aromatic rings. The van der Waals surface area contributed by atoms with Crippen LogP contribution < -0.4 is 20.1 Å². The monoisotopic (exact) mass is 315 g/mol. The van der Waals surface area contributed by atoms with E-state index in [1.807, 2.05) is 0 Å². The quantitative estimate of drug-likeness (QED) is 0.891. The summed E-state index contributed by atoms with van der Waals surface area (Å²) in [6.07, 6.45) is 2.04. The SMILES string of the molecule is O=C(NCc1nnc2n1CCC2)Nc1ccc2c(c1)OCCO2. The number of nitrogens with one attached hydrogen (secondary N) is 2. The van der Waals surface area contributed by atoms with Crippen LogP contribution in [0.1, 0.15) is 18.1 Å². The molecular weight excluding hydrogens is 298 g/mol. The van der Waals surface area contributed by atoms with Crippen LogP contribution in [0.3, 0.4) is 0 Å². The van der Waals surface area contributed by atoms with Crippen LogP contribution in [0.2, 0.25) is 0 Å². The number of nitrogens with zero attached hydrogens (tertiary/aromatic N) is 3. The summed E-state index contributed by atoms with van der Waals surface area (Å²) in [6, 6.07) is 5.03. The number of urea groups is 1. The van der Waals surface area contributed by atoms with Crippen LogP contribution in [0.15, 0.2) is 18.2 Å². The summed E-state index contributed by atoms with van der Waals surface area (Å²) in [5.74, 6) is 3.12. The van der Waals surface area contributed by atoms with E-state index in [2.05, 4.69) is 25.4 Å². The number of ether oxygens (including phenoxy) is 2. The summed E-state index contributed by atoms with van der Waals surface area (Å²) in [4.78, 5) is 12.0. The topological polar surface area (TPSA) is 90.3 Å². The smallest absolute Gasteiger partial charge is 0.319 e. The molecule has 0 saturated carbocycles. The summed E-state index contributed by atoms with van der Waals surface area (Å²) in [6.45, 7) is 2.33. The third-order valence-corrected chi connectivity index (χ3v) is 3.89. The van der Waals surface area contributed by atoms with E-state index in [9.17, 15) is 4.79 Å². The molecule has 0 atom stereocenters. The summed E-state index contributed by atoms with van der Waals surface area (Å²) < 4.78 is 13.0. The van der Waals surface area contributed by atoms with Gasteiger partial charge in [0.15, 0.2) is 17.3 Å². The van der Waals surface area contributed by atoms with Gasteiger partial charge in [-0.25, -0.2) is 4.79 Å². The summed E-state index contributed by atoms with van der Waals surface area (Å²) in [5.41, 5.74) is 0.651.